The number of amides is 2. The lowest BCUT2D eigenvalue weighted by Crippen LogP contribution is -2.48. The summed E-state index contributed by atoms with van der Waals surface area (Å²) in [5.41, 5.74) is -1.80. The lowest BCUT2D eigenvalue weighted by molar-refractivity contribution is -0.257. The first kappa shape index (κ1) is 49.2. The molecule has 68 heavy (non-hydrogen) atoms. The molecule has 0 spiro atoms. The molecule has 3 aliphatic heterocycles. The number of carbonyl (C=O) groups is 4. The summed E-state index contributed by atoms with van der Waals surface area (Å²) >= 11 is 0. The number of aromatic nitrogens is 1. The number of hydrogen-bond donors (Lipinski definition) is 1. The zero-order chi connectivity index (χ0) is 48.8. The summed E-state index contributed by atoms with van der Waals surface area (Å²) in [6, 6.07) is 14.1. The summed E-state index contributed by atoms with van der Waals surface area (Å²) < 4.78 is 93.0. The van der Waals surface area contributed by atoms with Gasteiger partial charge in [-0.1, -0.05) is 38.1 Å². The Hall–Kier alpha value is -5.23. The van der Waals surface area contributed by atoms with E-state index in [2.05, 4.69) is 9.62 Å². The van der Waals surface area contributed by atoms with Crippen LogP contribution in [-0.4, -0.2) is 111 Å². The van der Waals surface area contributed by atoms with Crippen LogP contribution in [-0.2, 0) is 38.7 Å². The maximum atomic E-state index is 15.1. The average molecular weight is 967 g/mol. The molecular formula is C50H61F3N4O10S. The number of halogens is 3. The van der Waals surface area contributed by atoms with Crippen LogP contribution in [0.2, 0.25) is 0 Å². The number of hydrogen-bond acceptors (Lipinski definition) is 12. The van der Waals surface area contributed by atoms with Crippen molar-refractivity contribution < 1.29 is 59.7 Å². The Kier molecular flexibility index (Phi) is 14.0. The molecule has 368 valence electrons. The Morgan fingerprint density at radius 3 is 2.38 bits per heavy atom. The van der Waals surface area contributed by atoms with E-state index in [4.69, 9.17) is 23.9 Å². The molecular weight excluding hydrogens is 906 g/mol. The van der Waals surface area contributed by atoms with Crippen molar-refractivity contribution in [2.75, 3.05) is 44.9 Å². The largest absolute Gasteiger partial charge is 0.497 e. The number of pyridine rings is 1. The van der Waals surface area contributed by atoms with E-state index in [1.807, 2.05) is 55.5 Å². The number of alkyl halides is 3. The molecule has 0 radical (unpaired) electrons. The molecule has 2 aromatic carbocycles. The number of sulfonamides is 1. The summed E-state index contributed by atoms with van der Waals surface area (Å²) in [4.78, 5) is 66.1. The molecule has 3 aromatic rings. The maximum Gasteiger partial charge on any atom is 0.427 e. The van der Waals surface area contributed by atoms with E-state index in [-0.39, 0.29) is 37.6 Å². The van der Waals surface area contributed by atoms with Crippen LogP contribution < -0.4 is 19.1 Å². The van der Waals surface area contributed by atoms with Crippen molar-refractivity contribution in [3.8, 4) is 22.9 Å². The molecule has 14 nitrogen and oxygen atoms in total. The van der Waals surface area contributed by atoms with Crippen molar-refractivity contribution in [3.63, 3.8) is 0 Å². The van der Waals surface area contributed by atoms with E-state index in [0.29, 0.717) is 62.1 Å². The van der Waals surface area contributed by atoms with Gasteiger partial charge in [-0.2, -0.15) is 13.2 Å². The molecule has 1 N–H and O–H groups in total. The van der Waals surface area contributed by atoms with E-state index < -0.39 is 92.4 Å². The highest BCUT2D eigenvalue weighted by Crippen LogP contribution is 2.57. The van der Waals surface area contributed by atoms with Gasteiger partial charge in [0.25, 0.3) is 0 Å². The van der Waals surface area contributed by atoms with Gasteiger partial charge >= 0.3 is 12.1 Å². The van der Waals surface area contributed by atoms with Gasteiger partial charge in [-0.3, -0.25) is 23.9 Å². The van der Waals surface area contributed by atoms with Crippen LogP contribution in [0.15, 0.2) is 60.7 Å². The average Bonchev–Trinajstić information content (AvgIpc) is 4.23. The number of benzene rings is 2. The van der Waals surface area contributed by atoms with Crippen LogP contribution in [0.3, 0.4) is 0 Å². The third-order valence-corrected chi connectivity index (χ3v) is 16.2. The van der Waals surface area contributed by atoms with E-state index >= 15 is 4.79 Å². The highest BCUT2D eigenvalue weighted by Gasteiger charge is 2.62. The number of nitrogens with one attached hydrogen (secondary N) is 1. The molecule has 1 aromatic heterocycles. The van der Waals surface area contributed by atoms with Crippen LogP contribution in [0.1, 0.15) is 85.5 Å². The normalized spacial score (nSPS) is 27.9. The topological polar surface area (TPSA) is 171 Å². The van der Waals surface area contributed by atoms with Gasteiger partial charge in [0.2, 0.25) is 33.3 Å². The Bertz CT molecular complexity index is 2540. The van der Waals surface area contributed by atoms with Gasteiger partial charge in [0.05, 0.1) is 61.6 Å². The number of allylic oxidation sites excluding steroid dienone is 2. The van der Waals surface area contributed by atoms with Gasteiger partial charge < -0.3 is 28.7 Å². The third-order valence-electron chi connectivity index (χ3n) is 14.4. The van der Waals surface area contributed by atoms with Gasteiger partial charge in [-0.15, -0.1) is 0 Å². The molecule has 2 saturated heterocycles. The van der Waals surface area contributed by atoms with Crippen molar-refractivity contribution in [2.45, 2.75) is 115 Å². The van der Waals surface area contributed by atoms with Crippen LogP contribution in [0, 0.1) is 29.1 Å². The first-order chi connectivity index (χ1) is 32.2. The molecule has 2 amide bonds. The van der Waals surface area contributed by atoms with Crippen molar-refractivity contribution in [3.05, 3.63) is 60.7 Å². The number of methoxy groups -OCH3 is 1. The quantitative estimate of drug-likeness (QED) is 0.148. The minimum atomic E-state index is -4.88. The van der Waals surface area contributed by atoms with Crippen molar-refractivity contribution >= 4 is 50.1 Å². The van der Waals surface area contributed by atoms with Crippen LogP contribution >= 0.6 is 0 Å². The Balaban J connectivity index is 1.14. The predicted molar refractivity (Wildman–Crippen MR) is 247 cm³/mol. The predicted octanol–water partition coefficient (Wildman–Crippen LogP) is 7.57. The van der Waals surface area contributed by atoms with Gasteiger partial charge in [0.1, 0.15) is 11.9 Å². The smallest absolute Gasteiger partial charge is 0.427 e. The van der Waals surface area contributed by atoms with Gasteiger partial charge in [-0.05, 0) is 112 Å². The van der Waals surface area contributed by atoms with E-state index in [1.54, 1.807) is 26.2 Å². The molecule has 8 rings (SSSR count). The second-order valence-electron chi connectivity index (χ2n) is 19.9. The highest BCUT2D eigenvalue weighted by molar-refractivity contribution is 7.90. The summed E-state index contributed by atoms with van der Waals surface area (Å²) in [5.74, 6) is -4.47. The zero-order valence-electron chi connectivity index (χ0n) is 39.2. The molecule has 7 atom stereocenters. The molecule has 0 bridgehead atoms. The van der Waals surface area contributed by atoms with E-state index in [1.165, 1.54) is 4.90 Å². The standard InChI is InChI=1S/C50H61F3N4O10S/c1-30-8-6-7-9-34-27-49(34,47(61)55-68(62,63)38-15-16-38)28-43(58)42-25-37(29-57(42)46(60)40(31(2)22-30)26-44(59)67-48(3,4)50(51,52)53)66-45-39-17-14-36(64-5)23-33(39)24-41(54-45)32-10-12-35(13-11-32)56-18-20-65-21-19-56/h7,9-14,17,23-24,30-31,34,37-38,40,42H,6,8,15-16,18-22,25-29H2,1-5H3,(H,55,61)/b9-7-/t30-,31+,34+,37+,40-,42-,49+/m0/s1. The van der Waals surface area contributed by atoms with Crippen molar-refractivity contribution in [2.24, 2.45) is 29.1 Å². The van der Waals surface area contributed by atoms with E-state index in [0.717, 1.165) is 43.6 Å². The second-order valence-corrected chi connectivity index (χ2v) is 21.9. The minimum Gasteiger partial charge on any atom is -0.497 e. The fourth-order valence-corrected chi connectivity index (χ4v) is 11.3. The van der Waals surface area contributed by atoms with Crippen molar-refractivity contribution in [1.29, 1.82) is 0 Å². The summed E-state index contributed by atoms with van der Waals surface area (Å²) in [5, 5.41) is 0.686. The lowest BCUT2D eigenvalue weighted by atomic mass is 9.82. The number of Topliss-reactive ketones (excluding diaryl/α,β-unsaturated/α-hetero) is 1. The third kappa shape index (κ3) is 10.7. The number of rotatable bonds is 11. The van der Waals surface area contributed by atoms with E-state index in [9.17, 15) is 36.0 Å². The summed E-state index contributed by atoms with van der Waals surface area (Å²) in [6.07, 6.45) is -0.316. The first-order valence-corrected chi connectivity index (χ1v) is 25.2. The van der Waals surface area contributed by atoms with Crippen LogP contribution in [0.4, 0.5) is 18.9 Å². The maximum absolute atomic E-state index is 15.1. The number of ether oxygens (including phenoxy) is 4. The lowest BCUT2D eigenvalue weighted by Gasteiger charge is -2.33. The van der Waals surface area contributed by atoms with Crippen LogP contribution in [0.5, 0.6) is 11.6 Å². The SMILES string of the molecule is COc1ccc2c(O[C@@H]3C[C@H]4C(=O)C[C@]5(C(=O)NS(=O)(=O)C6CC6)C[C@H]5/C=C\CC[C@H](C)C[C@@H](C)[C@H](CC(=O)OC(C)(C)C(F)(F)F)C(=O)N4C3)nc(-c3ccc(N4CCOCC4)cc3)cc2c1. The number of ketones is 1. The Morgan fingerprint density at radius 1 is 0.985 bits per heavy atom. The first-order valence-electron chi connectivity index (χ1n) is 23.6. The fourth-order valence-electron chi connectivity index (χ4n) is 9.94. The molecule has 18 heteroatoms. The molecule has 4 fully saturated rings. The molecule has 2 aliphatic carbocycles. The molecule has 4 heterocycles. The van der Waals surface area contributed by atoms with Gasteiger partial charge in [0.15, 0.2) is 5.78 Å². The Labute approximate surface area is 395 Å². The Morgan fingerprint density at radius 2 is 1.71 bits per heavy atom. The number of anilines is 1. The number of morpholine rings is 1. The molecule has 5 aliphatic rings. The second kappa shape index (κ2) is 19.3. The molecule has 0 unspecified atom stereocenters. The number of esters is 1. The highest BCUT2D eigenvalue weighted by atomic mass is 32.2. The number of fused-ring (bicyclic) bond motifs is 3. The summed E-state index contributed by atoms with van der Waals surface area (Å²) in [6.45, 7) is 7.90. The number of nitrogens with zero attached hydrogens (tertiary/aromatic N) is 3. The fraction of sp³-hybridized carbons (Fsp3) is 0.580. The van der Waals surface area contributed by atoms with Crippen molar-refractivity contribution in [1.82, 2.24) is 14.6 Å². The summed E-state index contributed by atoms with van der Waals surface area (Å²) in [7, 11) is -2.40. The monoisotopic (exact) mass is 966 g/mol. The number of carbonyl (C=O) groups excluding carboxylic acids is 4. The minimum absolute atomic E-state index is 0.00146. The molecule has 2 saturated carbocycles. The van der Waals surface area contributed by atoms with Crippen LogP contribution in [0.25, 0.3) is 22.0 Å². The van der Waals surface area contributed by atoms with Gasteiger partial charge in [0, 0.05) is 42.6 Å². The van der Waals surface area contributed by atoms with Gasteiger partial charge in [-0.25, -0.2) is 13.4 Å². The zero-order valence-corrected chi connectivity index (χ0v) is 40.0.